The van der Waals surface area contributed by atoms with Crippen LogP contribution in [0.15, 0.2) is 54.6 Å². The first-order valence-corrected chi connectivity index (χ1v) is 9.43. The number of rotatable bonds is 5. The molecule has 1 aromatic heterocycles. The average Bonchev–Trinajstić information content (AvgIpc) is 2.68. The maximum Gasteiger partial charge on any atom is 0.274 e. The third-order valence-electron chi connectivity index (χ3n) is 4.44. The van der Waals surface area contributed by atoms with E-state index >= 15 is 0 Å². The lowest BCUT2D eigenvalue weighted by atomic mass is 9.87. The Balaban J connectivity index is 1.75. The number of hydrogen-bond donors (Lipinski definition) is 2. The van der Waals surface area contributed by atoms with E-state index in [1.807, 2.05) is 48.5 Å². The van der Waals surface area contributed by atoms with Crippen LogP contribution in [-0.2, 0) is 5.41 Å². The number of nitrogens with zero attached hydrogens (tertiary/aromatic N) is 2. The summed E-state index contributed by atoms with van der Waals surface area (Å²) in [5.41, 5.74) is 3.14. The monoisotopic (exact) mass is 390 g/mol. The van der Waals surface area contributed by atoms with E-state index in [1.54, 1.807) is 20.1 Å². The molecule has 0 fully saturated rings. The highest BCUT2D eigenvalue weighted by Gasteiger charge is 2.14. The van der Waals surface area contributed by atoms with Crippen molar-refractivity contribution in [2.45, 2.75) is 33.1 Å². The van der Waals surface area contributed by atoms with Gasteiger partial charge >= 0.3 is 0 Å². The molecule has 0 unspecified atom stereocenters. The van der Waals surface area contributed by atoms with Crippen LogP contribution < -0.4 is 15.4 Å². The normalized spacial score (nSPS) is 11.1. The van der Waals surface area contributed by atoms with E-state index < -0.39 is 0 Å². The molecule has 6 nitrogen and oxygen atoms in total. The molecule has 2 N–H and O–H groups in total. The number of carbonyl (C=O) groups excluding carboxylic acids is 1. The molecule has 3 aromatic rings. The summed E-state index contributed by atoms with van der Waals surface area (Å²) in [7, 11) is 1.62. The molecule has 0 atom stereocenters. The predicted molar refractivity (Wildman–Crippen MR) is 116 cm³/mol. The van der Waals surface area contributed by atoms with Gasteiger partial charge in [0.2, 0.25) is 0 Å². The molecule has 0 spiro atoms. The van der Waals surface area contributed by atoms with Crippen LogP contribution in [-0.4, -0.2) is 23.0 Å². The summed E-state index contributed by atoms with van der Waals surface area (Å²) in [4.78, 5) is 21.3. The van der Waals surface area contributed by atoms with Crippen molar-refractivity contribution in [3.8, 4) is 5.75 Å². The zero-order valence-corrected chi connectivity index (χ0v) is 17.4. The van der Waals surface area contributed by atoms with Crippen molar-refractivity contribution in [1.29, 1.82) is 0 Å². The van der Waals surface area contributed by atoms with E-state index in [1.165, 1.54) is 5.56 Å². The van der Waals surface area contributed by atoms with Crippen molar-refractivity contribution in [2.24, 2.45) is 0 Å². The first kappa shape index (κ1) is 20.3. The Morgan fingerprint density at radius 1 is 0.931 bits per heavy atom. The number of hydrogen-bond acceptors (Lipinski definition) is 5. The lowest BCUT2D eigenvalue weighted by Crippen LogP contribution is -2.16. The number of methoxy groups -OCH3 is 1. The molecule has 0 bridgehead atoms. The second-order valence-electron chi connectivity index (χ2n) is 7.82. The van der Waals surface area contributed by atoms with Crippen LogP contribution in [0.3, 0.4) is 0 Å². The highest BCUT2D eigenvalue weighted by Crippen LogP contribution is 2.24. The molecule has 0 saturated carbocycles. The van der Waals surface area contributed by atoms with Gasteiger partial charge in [-0.2, -0.15) is 0 Å². The third-order valence-corrected chi connectivity index (χ3v) is 4.44. The number of benzene rings is 2. The zero-order chi connectivity index (χ0) is 21.0. The van der Waals surface area contributed by atoms with Gasteiger partial charge in [0.1, 0.15) is 23.1 Å². The van der Waals surface area contributed by atoms with Gasteiger partial charge in [0.15, 0.2) is 0 Å². The molecule has 0 radical (unpaired) electrons. The van der Waals surface area contributed by atoms with Gasteiger partial charge in [-0.3, -0.25) is 4.79 Å². The highest BCUT2D eigenvalue weighted by molar-refractivity contribution is 6.03. The van der Waals surface area contributed by atoms with E-state index in [2.05, 4.69) is 41.4 Å². The molecule has 29 heavy (non-hydrogen) atoms. The first-order chi connectivity index (χ1) is 13.7. The number of ether oxygens (including phenoxy) is 1. The average molecular weight is 390 g/mol. The van der Waals surface area contributed by atoms with Gasteiger partial charge in [0, 0.05) is 17.4 Å². The summed E-state index contributed by atoms with van der Waals surface area (Å²) in [6.45, 7) is 8.22. The summed E-state index contributed by atoms with van der Waals surface area (Å²) in [6.07, 6.45) is 0. The highest BCUT2D eigenvalue weighted by atomic mass is 16.5. The summed E-state index contributed by atoms with van der Waals surface area (Å²) < 4.78 is 5.17. The van der Waals surface area contributed by atoms with Gasteiger partial charge in [-0.05, 0) is 54.3 Å². The molecule has 0 aliphatic rings. The fraction of sp³-hybridized carbons (Fsp3) is 0.261. The van der Waals surface area contributed by atoms with Gasteiger partial charge < -0.3 is 15.4 Å². The van der Waals surface area contributed by atoms with E-state index in [0.29, 0.717) is 17.3 Å². The number of nitrogens with one attached hydrogen (secondary N) is 2. The maximum absolute atomic E-state index is 12.7. The van der Waals surface area contributed by atoms with E-state index in [4.69, 9.17) is 4.74 Å². The molecule has 0 saturated heterocycles. The van der Waals surface area contributed by atoms with Crippen molar-refractivity contribution in [3.63, 3.8) is 0 Å². The minimum absolute atomic E-state index is 0.0638. The molecule has 1 amide bonds. The predicted octanol–water partition coefficient (Wildman–Crippen LogP) is 5.09. The van der Waals surface area contributed by atoms with Crippen molar-refractivity contribution in [1.82, 2.24) is 9.97 Å². The number of amides is 1. The molecule has 3 rings (SSSR count). The van der Waals surface area contributed by atoms with Crippen molar-refractivity contribution < 1.29 is 9.53 Å². The largest absolute Gasteiger partial charge is 0.497 e. The number of carbonyl (C=O) groups is 1. The molecule has 1 heterocycles. The Labute approximate surface area is 171 Å². The lowest BCUT2D eigenvalue weighted by Gasteiger charge is -2.19. The second kappa shape index (κ2) is 8.31. The zero-order valence-electron chi connectivity index (χ0n) is 17.4. The smallest absolute Gasteiger partial charge is 0.274 e. The lowest BCUT2D eigenvalue weighted by molar-refractivity contribution is 0.102. The van der Waals surface area contributed by atoms with E-state index in [0.717, 1.165) is 17.1 Å². The Morgan fingerprint density at radius 2 is 1.55 bits per heavy atom. The number of aromatic nitrogens is 2. The standard InChI is InChI=1S/C23H26N4O2/c1-15-24-20(14-21(25-15)26-17-10-12-19(29-5)13-11-17)22(28)27-18-8-6-16(7-9-18)23(2,3)4/h6-14H,1-5H3,(H,27,28)(H,24,25,26). The third kappa shape index (κ3) is 5.31. The fourth-order valence-corrected chi connectivity index (χ4v) is 2.82. The van der Waals surface area contributed by atoms with Crippen molar-refractivity contribution in [2.75, 3.05) is 17.7 Å². The topological polar surface area (TPSA) is 76.1 Å². The molecular weight excluding hydrogens is 364 g/mol. The van der Waals surface area contributed by atoms with E-state index in [9.17, 15) is 4.79 Å². The second-order valence-corrected chi connectivity index (χ2v) is 7.82. The van der Waals surface area contributed by atoms with Gasteiger partial charge in [0.05, 0.1) is 7.11 Å². The van der Waals surface area contributed by atoms with Crippen LogP contribution in [0.4, 0.5) is 17.2 Å². The van der Waals surface area contributed by atoms with Crippen LogP contribution in [0.25, 0.3) is 0 Å². The molecule has 150 valence electrons. The van der Waals surface area contributed by atoms with Gasteiger partial charge in [0.25, 0.3) is 5.91 Å². The van der Waals surface area contributed by atoms with Gasteiger partial charge in [-0.25, -0.2) is 9.97 Å². The van der Waals surface area contributed by atoms with Crippen molar-refractivity contribution >= 4 is 23.1 Å². The Bertz CT molecular complexity index is 991. The Morgan fingerprint density at radius 3 is 2.14 bits per heavy atom. The molecule has 6 heteroatoms. The summed E-state index contributed by atoms with van der Waals surface area (Å²) >= 11 is 0. The molecular formula is C23H26N4O2. The summed E-state index contributed by atoms with van der Waals surface area (Å²) in [6, 6.07) is 17.0. The van der Waals surface area contributed by atoms with E-state index in [-0.39, 0.29) is 11.3 Å². The Hall–Kier alpha value is -3.41. The van der Waals surface area contributed by atoms with Crippen LogP contribution in [0, 0.1) is 6.92 Å². The minimum atomic E-state index is -0.281. The van der Waals surface area contributed by atoms with Crippen LogP contribution >= 0.6 is 0 Å². The maximum atomic E-state index is 12.7. The first-order valence-electron chi connectivity index (χ1n) is 9.43. The number of anilines is 3. The summed E-state index contributed by atoms with van der Waals surface area (Å²) in [5, 5.41) is 6.09. The van der Waals surface area contributed by atoms with Crippen LogP contribution in [0.1, 0.15) is 42.6 Å². The SMILES string of the molecule is COc1ccc(Nc2cc(C(=O)Nc3ccc(C(C)(C)C)cc3)nc(C)n2)cc1. The fourth-order valence-electron chi connectivity index (χ4n) is 2.82. The quantitative estimate of drug-likeness (QED) is 0.635. The molecule has 2 aromatic carbocycles. The van der Waals surface area contributed by atoms with Crippen molar-refractivity contribution in [3.05, 3.63) is 71.7 Å². The summed E-state index contributed by atoms with van der Waals surface area (Å²) in [5.74, 6) is 1.55. The number of aryl methyl sites for hydroxylation is 1. The van der Waals surface area contributed by atoms with Gasteiger partial charge in [-0.1, -0.05) is 32.9 Å². The van der Waals surface area contributed by atoms with Gasteiger partial charge in [-0.15, -0.1) is 0 Å². The minimum Gasteiger partial charge on any atom is -0.497 e. The van der Waals surface area contributed by atoms with Crippen LogP contribution in [0.5, 0.6) is 5.75 Å². The Kier molecular flexibility index (Phi) is 5.82. The van der Waals surface area contributed by atoms with Crippen LogP contribution in [0.2, 0.25) is 0 Å². The molecule has 0 aliphatic heterocycles. The molecule has 0 aliphatic carbocycles.